The van der Waals surface area contributed by atoms with Gasteiger partial charge >= 0.3 is 6.18 Å². The Bertz CT molecular complexity index is 1480. The van der Waals surface area contributed by atoms with Crippen LogP contribution in [0.3, 0.4) is 0 Å². The van der Waals surface area contributed by atoms with Gasteiger partial charge in [0, 0.05) is 24.5 Å². The molecule has 0 saturated carbocycles. The molecule has 4 aromatic rings. The number of alkyl halides is 3. The van der Waals surface area contributed by atoms with E-state index in [0.717, 1.165) is 23.1 Å². The van der Waals surface area contributed by atoms with E-state index in [1.807, 2.05) is 30.3 Å². The molecule has 0 spiro atoms. The Morgan fingerprint density at radius 2 is 1.71 bits per heavy atom. The Morgan fingerprint density at radius 3 is 2.45 bits per heavy atom. The normalized spacial score (nSPS) is 14.6. The largest absolute Gasteiger partial charge is 0.497 e. The van der Waals surface area contributed by atoms with Crippen molar-refractivity contribution in [1.29, 1.82) is 0 Å². The van der Waals surface area contributed by atoms with Crippen LogP contribution in [0.25, 0.3) is 10.9 Å². The number of halogens is 3. The number of benzene rings is 3. The highest BCUT2D eigenvalue weighted by Gasteiger charge is 2.33. The lowest BCUT2D eigenvalue weighted by atomic mass is 10.0. The maximum absolute atomic E-state index is 13.5. The highest BCUT2D eigenvalue weighted by molar-refractivity contribution is 6.09. The third kappa shape index (κ3) is 5.28. The van der Waals surface area contributed by atoms with E-state index in [-0.39, 0.29) is 43.2 Å². The molecule has 0 saturated heterocycles. The first-order valence-corrected chi connectivity index (χ1v) is 12.2. The Morgan fingerprint density at radius 1 is 0.947 bits per heavy atom. The molecule has 2 heterocycles. The number of fused-ring (bicyclic) bond motifs is 3. The van der Waals surface area contributed by atoms with Gasteiger partial charge in [0.15, 0.2) is 0 Å². The van der Waals surface area contributed by atoms with Gasteiger partial charge in [0.25, 0.3) is 11.8 Å². The number of nitrogens with zero attached hydrogens (tertiary/aromatic N) is 2. The average Bonchev–Trinajstić information content (AvgIpc) is 3.30. The Balaban J connectivity index is 1.38. The Kier molecular flexibility index (Phi) is 6.94. The number of ether oxygens (including phenoxy) is 1. The summed E-state index contributed by atoms with van der Waals surface area (Å²) in [5.74, 6) is 0.119. The highest BCUT2D eigenvalue weighted by atomic mass is 19.4. The van der Waals surface area contributed by atoms with Crippen molar-refractivity contribution in [2.24, 2.45) is 0 Å². The zero-order valence-electron chi connectivity index (χ0n) is 20.7. The summed E-state index contributed by atoms with van der Waals surface area (Å²) >= 11 is 0. The summed E-state index contributed by atoms with van der Waals surface area (Å²) in [6.45, 7) is 0.291. The van der Waals surface area contributed by atoms with Crippen LogP contribution in [0.4, 0.5) is 13.2 Å². The number of hydrogen-bond acceptors (Lipinski definition) is 4. The van der Waals surface area contributed by atoms with Crippen LogP contribution in [0.5, 0.6) is 5.75 Å². The van der Waals surface area contributed by atoms with Gasteiger partial charge in [-0.05, 0) is 47.9 Å². The third-order valence-corrected chi connectivity index (χ3v) is 6.71. The lowest BCUT2D eigenvalue weighted by Gasteiger charge is -2.31. The second kappa shape index (κ2) is 10.3. The molecule has 0 aliphatic carbocycles. The van der Waals surface area contributed by atoms with E-state index in [9.17, 15) is 22.8 Å². The van der Waals surface area contributed by atoms with Gasteiger partial charge in [-0.15, -0.1) is 0 Å². The van der Waals surface area contributed by atoms with Crippen LogP contribution in [-0.4, -0.2) is 47.5 Å². The van der Waals surface area contributed by atoms with Gasteiger partial charge in [-0.1, -0.05) is 48.5 Å². The number of hydrogen-bond donors (Lipinski definition) is 1. The van der Waals surface area contributed by atoms with E-state index in [1.165, 1.54) is 15.5 Å². The molecule has 6 nitrogen and oxygen atoms in total. The number of nitrogens with one attached hydrogen (secondary N) is 1. The van der Waals surface area contributed by atoms with Gasteiger partial charge in [0.2, 0.25) is 0 Å². The third-order valence-electron chi connectivity index (χ3n) is 6.71. The fourth-order valence-corrected chi connectivity index (χ4v) is 4.85. The molecule has 0 bridgehead atoms. The second-order valence-electron chi connectivity index (χ2n) is 9.33. The summed E-state index contributed by atoms with van der Waals surface area (Å²) in [6.07, 6.45) is -3.90. The number of amides is 1. The van der Waals surface area contributed by atoms with Crippen LogP contribution < -0.4 is 10.1 Å². The molecule has 1 N–H and O–H groups in total. The quantitative estimate of drug-likeness (QED) is 0.348. The van der Waals surface area contributed by atoms with Crippen molar-refractivity contribution in [2.75, 3.05) is 20.2 Å². The van der Waals surface area contributed by atoms with Gasteiger partial charge in [-0.3, -0.25) is 14.2 Å². The lowest BCUT2D eigenvalue weighted by molar-refractivity contribution is -0.137. The maximum Gasteiger partial charge on any atom is 0.416 e. The summed E-state index contributed by atoms with van der Waals surface area (Å²) in [4.78, 5) is 28.1. The topological polar surface area (TPSA) is 63.6 Å². The molecule has 0 radical (unpaired) electrons. The number of carbonyl (C=O) groups excluding carboxylic acids is 2. The molecule has 5 rings (SSSR count). The minimum absolute atomic E-state index is 0.0990. The van der Waals surface area contributed by atoms with Crippen LogP contribution in [-0.2, 0) is 19.1 Å². The molecule has 1 atom stereocenters. The monoisotopic (exact) mass is 521 g/mol. The highest BCUT2D eigenvalue weighted by Crippen LogP contribution is 2.30. The summed E-state index contributed by atoms with van der Waals surface area (Å²) in [5.41, 5.74) is 1.69. The van der Waals surface area contributed by atoms with Gasteiger partial charge in [0.1, 0.15) is 18.0 Å². The number of carbonyl (C=O) groups is 2. The predicted octanol–water partition coefficient (Wildman–Crippen LogP) is 5.17. The van der Waals surface area contributed by atoms with Crippen molar-refractivity contribution in [3.8, 4) is 5.75 Å². The molecular weight excluding hydrogens is 495 g/mol. The van der Waals surface area contributed by atoms with E-state index in [1.54, 1.807) is 37.4 Å². The number of aromatic nitrogens is 1. The Labute approximate surface area is 217 Å². The van der Waals surface area contributed by atoms with Crippen molar-refractivity contribution in [3.05, 3.63) is 101 Å². The molecule has 0 fully saturated rings. The SMILES string of the molecule is COc1ccc2c(c1)cc1n2C(=O)CN(C[C@H](Cc2ccccc2)NCc2cccc(C(F)(F)F)c2)C1=O. The van der Waals surface area contributed by atoms with Crippen molar-refractivity contribution < 1.29 is 27.5 Å². The molecule has 1 aliphatic heterocycles. The van der Waals surface area contributed by atoms with Crippen LogP contribution in [0.1, 0.15) is 32.0 Å². The minimum Gasteiger partial charge on any atom is -0.497 e. The molecule has 3 aromatic carbocycles. The summed E-state index contributed by atoms with van der Waals surface area (Å²) < 4.78 is 46.2. The molecule has 1 aromatic heterocycles. The summed E-state index contributed by atoms with van der Waals surface area (Å²) in [7, 11) is 1.55. The fourth-order valence-electron chi connectivity index (χ4n) is 4.85. The first kappa shape index (κ1) is 25.5. The van der Waals surface area contributed by atoms with Gasteiger partial charge in [0.05, 0.1) is 18.2 Å². The van der Waals surface area contributed by atoms with E-state index >= 15 is 0 Å². The molecule has 196 valence electrons. The van der Waals surface area contributed by atoms with Crippen molar-refractivity contribution in [3.63, 3.8) is 0 Å². The van der Waals surface area contributed by atoms with Crippen molar-refractivity contribution >= 4 is 22.7 Å². The molecule has 1 aliphatic rings. The maximum atomic E-state index is 13.5. The van der Waals surface area contributed by atoms with Crippen LogP contribution in [0.15, 0.2) is 78.9 Å². The standard InChI is InChI=1S/C29H26F3N3O3/c1-38-24-10-11-25-21(14-24)15-26-28(37)34(18-27(36)35(25)26)17-23(13-19-6-3-2-4-7-19)33-16-20-8-5-9-22(12-20)29(30,31)32/h2-12,14-15,23,33H,13,16-18H2,1H3/t23-/m0/s1. The molecule has 1 amide bonds. The molecular formula is C29H26F3N3O3. The van der Waals surface area contributed by atoms with E-state index in [4.69, 9.17) is 4.74 Å². The summed E-state index contributed by atoms with van der Waals surface area (Å²) in [5, 5.41) is 4.04. The van der Waals surface area contributed by atoms with Crippen LogP contribution in [0, 0.1) is 0 Å². The number of methoxy groups -OCH3 is 1. The Hall–Kier alpha value is -4.11. The smallest absolute Gasteiger partial charge is 0.416 e. The first-order valence-electron chi connectivity index (χ1n) is 12.2. The minimum atomic E-state index is -4.43. The molecule has 0 unspecified atom stereocenters. The number of rotatable bonds is 8. The lowest BCUT2D eigenvalue weighted by Crippen LogP contribution is -2.50. The van der Waals surface area contributed by atoms with E-state index < -0.39 is 11.7 Å². The molecule has 38 heavy (non-hydrogen) atoms. The van der Waals surface area contributed by atoms with Gasteiger partial charge in [-0.25, -0.2) is 0 Å². The predicted molar refractivity (Wildman–Crippen MR) is 137 cm³/mol. The average molecular weight is 522 g/mol. The zero-order chi connectivity index (χ0) is 26.9. The van der Waals surface area contributed by atoms with Crippen molar-refractivity contribution in [2.45, 2.75) is 25.2 Å². The summed E-state index contributed by atoms with van der Waals surface area (Å²) in [6, 6.07) is 21.4. The van der Waals surface area contributed by atoms with E-state index in [0.29, 0.717) is 23.3 Å². The van der Waals surface area contributed by atoms with Gasteiger partial charge < -0.3 is 15.0 Å². The molecule has 9 heteroatoms. The van der Waals surface area contributed by atoms with Gasteiger partial charge in [-0.2, -0.15) is 13.2 Å². The van der Waals surface area contributed by atoms with Crippen LogP contribution in [0.2, 0.25) is 0 Å². The van der Waals surface area contributed by atoms with Crippen molar-refractivity contribution in [1.82, 2.24) is 14.8 Å². The first-order chi connectivity index (χ1) is 18.2. The van der Waals surface area contributed by atoms with Crippen LogP contribution >= 0.6 is 0 Å². The van der Waals surface area contributed by atoms with E-state index in [2.05, 4.69) is 5.32 Å². The zero-order valence-corrected chi connectivity index (χ0v) is 20.7. The fraction of sp³-hybridized carbons (Fsp3) is 0.241. The second-order valence-corrected chi connectivity index (χ2v) is 9.33.